The molecular formula is C22H16Cl2F4N2O6. The average molecular weight is 551 g/mol. The zero-order valence-electron chi connectivity index (χ0n) is 18.4. The smallest absolute Gasteiger partial charge is 0.431 e. The summed E-state index contributed by atoms with van der Waals surface area (Å²) in [6.07, 6.45) is -6.14. The van der Waals surface area contributed by atoms with Crippen LogP contribution in [-0.2, 0) is 24.6 Å². The van der Waals surface area contributed by atoms with Crippen LogP contribution in [0.1, 0.15) is 18.2 Å². The van der Waals surface area contributed by atoms with Crippen molar-refractivity contribution in [2.45, 2.75) is 25.8 Å². The monoisotopic (exact) mass is 550 g/mol. The van der Waals surface area contributed by atoms with Gasteiger partial charge in [-0.15, -0.1) is 0 Å². The fraction of sp³-hybridized carbons (Fsp3) is 0.227. The van der Waals surface area contributed by atoms with Gasteiger partial charge < -0.3 is 14.6 Å². The number of carbonyl (C=O) groups is 1. The molecular weight excluding hydrogens is 535 g/mol. The van der Waals surface area contributed by atoms with Crippen LogP contribution < -0.4 is 20.7 Å². The zero-order valence-corrected chi connectivity index (χ0v) is 19.9. The Morgan fingerprint density at radius 2 is 1.78 bits per heavy atom. The van der Waals surface area contributed by atoms with Gasteiger partial charge in [-0.05, 0) is 31.2 Å². The highest BCUT2D eigenvalue weighted by atomic mass is 35.5. The fourth-order valence-corrected chi connectivity index (χ4v) is 3.44. The molecule has 1 N–H and O–H groups in total. The molecule has 1 atom stereocenters. The van der Waals surface area contributed by atoms with Gasteiger partial charge in [-0.3, -0.25) is 9.36 Å². The Morgan fingerprint density at radius 1 is 1.11 bits per heavy atom. The first-order valence-corrected chi connectivity index (χ1v) is 10.7. The molecule has 0 fully saturated rings. The van der Waals surface area contributed by atoms with Gasteiger partial charge in [0.15, 0.2) is 6.10 Å². The first-order valence-electron chi connectivity index (χ1n) is 9.91. The van der Waals surface area contributed by atoms with E-state index in [0.717, 1.165) is 19.2 Å². The highest BCUT2D eigenvalue weighted by Gasteiger charge is 2.35. The molecule has 36 heavy (non-hydrogen) atoms. The van der Waals surface area contributed by atoms with E-state index in [1.807, 2.05) is 0 Å². The van der Waals surface area contributed by atoms with Crippen molar-refractivity contribution in [3.05, 3.63) is 84.4 Å². The van der Waals surface area contributed by atoms with Gasteiger partial charge >= 0.3 is 17.8 Å². The quantitative estimate of drug-likeness (QED) is 0.437. The van der Waals surface area contributed by atoms with Crippen molar-refractivity contribution in [2.75, 3.05) is 0 Å². The Balaban J connectivity index is 1.98. The second-order valence-corrected chi connectivity index (χ2v) is 8.23. The number of carboxylic acids is 1. The summed E-state index contributed by atoms with van der Waals surface area (Å²) in [6.45, 7) is 1.03. The highest BCUT2D eigenvalue weighted by Crippen LogP contribution is 2.32. The number of rotatable bonds is 7. The first kappa shape index (κ1) is 27.1. The molecule has 0 aliphatic heterocycles. The zero-order chi connectivity index (χ0) is 26.9. The molecule has 0 bridgehead atoms. The lowest BCUT2D eigenvalue weighted by Crippen LogP contribution is -2.41. The van der Waals surface area contributed by atoms with Gasteiger partial charge in [0.1, 0.15) is 29.6 Å². The summed E-state index contributed by atoms with van der Waals surface area (Å²) in [5.41, 5.74) is -4.74. The molecule has 0 saturated carbocycles. The lowest BCUT2D eigenvalue weighted by molar-refractivity contribution is -0.144. The molecule has 0 spiro atoms. The normalized spacial score (nSPS) is 12.3. The van der Waals surface area contributed by atoms with Gasteiger partial charge in [0, 0.05) is 29.8 Å². The molecule has 2 aromatic carbocycles. The van der Waals surface area contributed by atoms with Gasteiger partial charge in [0.25, 0.3) is 5.56 Å². The minimum Gasteiger partial charge on any atom is -0.487 e. The van der Waals surface area contributed by atoms with Gasteiger partial charge in [0.2, 0.25) is 0 Å². The van der Waals surface area contributed by atoms with Crippen LogP contribution >= 0.6 is 23.2 Å². The van der Waals surface area contributed by atoms with Crippen LogP contribution in [0.5, 0.6) is 11.5 Å². The highest BCUT2D eigenvalue weighted by molar-refractivity contribution is 6.32. The minimum atomic E-state index is -4.99. The maximum absolute atomic E-state index is 14.7. The summed E-state index contributed by atoms with van der Waals surface area (Å²) in [4.78, 5) is 35.8. The Labute approximate surface area is 209 Å². The van der Waals surface area contributed by atoms with E-state index < -0.39 is 46.7 Å². The lowest BCUT2D eigenvalue weighted by atomic mass is 10.2. The summed E-state index contributed by atoms with van der Waals surface area (Å²) in [5, 5.41) is 8.92. The van der Waals surface area contributed by atoms with Gasteiger partial charge in [-0.1, -0.05) is 23.2 Å². The number of nitrogens with zero attached hydrogens (tertiary/aromatic N) is 2. The number of hydrogen-bond acceptors (Lipinski definition) is 5. The minimum absolute atomic E-state index is 0.165. The number of aromatic nitrogens is 2. The van der Waals surface area contributed by atoms with E-state index in [4.69, 9.17) is 37.8 Å². The number of halogens is 6. The molecule has 0 amide bonds. The third-order valence-corrected chi connectivity index (χ3v) is 5.58. The van der Waals surface area contributed by atoms with Gasteiger partial charge in [0.05, 0.1) is 10.7 Å². The Hall–Kier alpha value is -3.51. The van der Waals surface area contributed by atoms with Gasteiger partial charge in [-0.2, -0.15) is 13.2 Å². The largest absolute Gasteiger partial charge is 0.487 e. The molecule has 1 heterocycles. The summed E-state index contributed by atoms with van der Waals surface area (Å²) in [6, 6.07) is 6.03. The molecule has 3 aromatic rings. The van der Waals surface area contributed by atoms with Crippen molar-refractivity contribution in [1.82, 2.24) is 9.13 Å². The standard InChI is InChI=1S/C22H16Cl2F4N2O6/c1-10(20(32)33)36-12-3-4-13(23)11(5-12)9-35-17-7-16(15(25)6-14(17)24)30-19(31)8-18(22(26,27)28)29(2)21(30)34/h3-8,10H,9H2,1-2H3,(H,32,33). The van der Waals surface area contributed by atoms with Crippen molar-refractivity contribution >= 4 is 29.2 Å². The molecule has 1 unspecified atom stereocenters. The number of alkyl halides is 3. The predicted octanol–water partition coefficient (Wildman–Crippen LogP) is 4.43. The number of carboxylic acid groups (broad SMARTS) is 1. The third kappa shape index (κ3) is 5.65. The van der Waals surface area contributed by atoms with E-state index in [-0.39, 0.29) is 43.4 Å². The van der Waals surface area contributed by atoms with E-state index in [1.165, 1.54) is 25.1 Å². The number of ether oxygens (including phenoxy) is 2. The van der Waals surface area contributed by atoms with Crippen molar-refractivity contribution in [3.63, 3.8) is 0 Å². The van der Waals surface area contributed by atoms with Crippen LogP contribution in [0.4, 0.5) is 17.6 Å². The number of benzene rings is 2. The average Bonchev–Trinajstić information content (AvgIpc) is 2.77. The number of aliphatic carboxylic acids is 1. The van der Waals surface area contributed by atoms with E-state index in [1.54, 1.807) is 0 Å². The molecule has 0 radical (unpaired) electrons. The van der Waals surface area contributed by atoms with Crippen LogP contribution in [-0.4, -0.2) is 26.3 Å². The van der Waals surface area contributed by atoms with Crippen molar-refractivity contribution < 1.29 is 36.9 Å². The molecule has 8 nitrogen and oxygen atoms in total. The summed E-state index contributed by atoms with van der Waals surface area (Å²) >= 11 is 12.2. The van der Waals surface area contributed by atoms with Crippen molar-refractivity contribution in [1.29, 1.82) is 0 Å². The Morgan fingerprint density at radius 3 is 2.39 bits per heavy atom. The van der Waals surface area contributed by atoms with E-state index in [9.17, 15) is 31.9 Å². The predicted molar refractivity (Wildman–Crippen MR) is 121 cm³/mol. The number of hydrogen-bond donors (Lipinski definition) is 1. The second-order valence-electron chi connectivity index (χ2n) is 7.42. The fourth-order valence-electron chi connectivity index (χ4n) is 3.06. The van der Waals surface area contributed by atoms with Crippen molar-refractivity contribution in [3.8, 4) is 17.2 Å². The molecule has 1 aromatic heterocycles. The van der Waals surface area contributed by atoms with E-state index >= 15 is 0 Å². The van der Waals surface area contributed by atoms with Crippen LogP contribution in [0.2, 0.25) is 10.0 Å². The Bertz CT molecular complexity index is 1450. The second kappa shape index (κ2) is 10.2. The SMILES string of the molecule is CC(Oc1ccc(Cl)c(COc2cc(-n3c(=O)cc(C(F)(F)F)n(C)c3=O)c(F)cc2Cl)c1)C(=O)O. The summed E-state index contributed by atoms with van der Waals surface area (Å²) in [5.74, 6) is -2.41. The molecule has 3 rings (SSSR count). The molecule has 14 heteroatoms. The van der Waals surface area contributed by atoms with E-state index in [2.05, 4.69) is 0 Å². The lowest BCUT2D eigenvalue weighted by Gasteiger charge is -2.16. The maximum atomic E-state index is 14.7. The van der Waals surface area contributed by atoms with Crippen LogP contribution in [0.3, 0.4) is 0 Å². The molecule has 192 valence electrons. The van der Waals surface area contributed by atoms with Crippen molar-refractivity contribution in [2.24, 2.45) is 7.05 Å². The van der Waals surface area contributed by atoms with E-state index in [0.29, 0.717) is 5.56 Å². The van der Waals surface area contributed by atoms with Gasteiger partial charge in [-0.25, -0.2) is 18.5 Å². The molecule has 0 aliphatic rings. The summed E-state index contributed by atoms with van der Waals surface area (Å²) < 4.78 is 65.2. The third-order valence-electron chi connectivity index (χ3n) is 4.91. The van der Waals surface area contributed by atoms with Crippen LogP contribution in [0.25, 0.3) is 5.69 Å². The van der Waals surface area contributed by atoms with Crippen LogP contribution in [0, 0.1) is 5.82 Å². The summed E-state index contributed by atoms with van der Waals surface area (Å²) in [7, 11) is 0.786. The first-order chi connectivity index (χ1) is 16.7. The molecule has 0 aliphatic carbocycles. The Kier molecular flexibility index (Phi) is 7.70. The maximum Gasteiger partial charge on any atom is 0.431 e. The molecule has 0 saturated heterocycles. The topological polar surface area (TPSA) is 99.8 Å². The van der Waals surface area contributed by atoms with Crippen LogP contribution in [0.15, 0.2) is 46.0 Å².